The molecule has 2 unspecified atom stereocenters. The van der Waals surface area contributed by atoms with E-state index in [2.05, 4.69) is 64.3 Å². The Kier molecular flexibility index (Phi) is 5.22. The number of rotatable bonds is 4. The van der Waals surface area contributed by atoms with Crippen molar-refractivity contribution >= 4 is 15.9 Å². The van der Waals surface area contributed by atoms with Gasteiger partial charge in [-0.15, -0.1) is 0 Å². The number of halogens is 1. The van der Waals surface area contributed by atoms with Crippen LogP contribution in [0.3, 0.4) is 0 Å². The van der Waals surface area contributed by atoms with Crippen LogP contribution in [-0.2, 0) is 6.54 Å². The van der Waals surface area contributed by atoms with Crippen LogP contribution in [0.2, 0.25) is 0 Å². The first kappa shape index (κ1) is 14.0. The van der Waals surface area contributed by atoms with Crippen LogP contribution < -0.4 is 5.32 Å². The fourth-order valence-corrected chi connectivity index (χ4v) is 3.28. The van der Waals surface area contributed by atoms with E-state index in [1.807, 2.05) is 0 Å². The Bertz CT molecular complexity index is 381. The Morgan fingerprint density at radius 1 is 1.44 bits per heavy atom. The summed E-state index contributed by atoms with van der Waals surface area (Å²) in [6, 6.07) is 9.35. The molecule has 2 atom stereocenters. The third kappa shape index (κ3) is 3.81. The largest absolute Gasteiger partial charge is 0.314 e. The van der Waals surface area contributed by atoms with Gasteiger partial charge in [0.15, 0.2) is 0 Å². The Hall–Kier alpha value is -0.380. The number of hydrogen-bond acceptors (Lipinski definition) is 2. The minimum absolute atomic E-state index is 0.703. The average Bonchev–Trinajstić information content (AvgIpc) is 2.33. The smallest absolute Gasteiger partial charge is 0.0234 e. The van der Waals surface area contributed by atoms with Crippen molar-refractivity contribution in [2.75, 3.05) is 19.6 Å². The molecular weight excluding hydrogens is 288 g/mol. The van der Waals surface area contributed by atoms with Crippen LogP contribution in [-0.4, -0.2) is 30.6 Å². The second kappa shape index (κ2) is 6.69. The summed E-state index contributed by atoms with van der Waals surface area (Å²) < 4.78 is 1.18. The standard InChI is InChI=1S/C15H23BrN2/c1-3-17-15-7-8-18(10-12(15)2)11-13-5-4-6-14(16)9-13/h4-6,9,12,15,17H,3,7-8,10-11H2,1-2H3. The molecule has 1 saturated heterocycles. The highest BCUT2D eigenvalue weighted by molar-refractivity contribution is 9.10. The molecule has 0 bridgehead atoms. The highest BCUT2D eigenvalue weighted by Crippen LogP contribution is 2.20. The maximum Gasteiger partial charge on any atom is 0.0234 e. The molecular formula is C15H23BrN2. The molecule has 0 amide bonds. The molecule has 1 aromatic rings. The van der Waals surface area contributed by atoms with Crippen molar-refractivity contribution in [1.82, 2.24) is 10.2 Å². The van der Waals surface area contributed by atoms with Crippen molar-refractivity contribution in [1.29, 1.82) is 0 Å². The van der Waals surface area contributed by atoms with Crippen molar-refractivity contribution < 1.29 is 0 Å². The number of piperidine rings is 1. The highest BCUT2D eigenvalue weighted by Gasteiger charge is 2.24. The number of nitrogens with one attached hydrogen (secondary N) is 1. The second-order valence-corrected chi connectivity index (χ2v) is 6.21. The van der Waals surface area contributed by atoms with Gasteiger partial charge in [0.05, 0.1) is 0 Å². The number of benzene rings is 1. The summed E-state index contributed by atoms with van der Waals surface area (Å²) in [5.41, 5.74) is 1.40. The minimum atomic E-state index is 0.703. The maximum atomic E-state index is 3.59. The summed E-state index contributed by atoms with van der Waals surface area (Å²) in [6.45, 7) is 9.11. The van der Waals surface area contributed by atoms with E-state index in [9.17, 15) is 0 Å². The average molecular weight is 311 g/mol. The van der Waals surface area contributed by atoms with E-state index in [1.54, 1.807) is 0 Å². The van der Waals surface area contributed by atoms with Crippen LogP contribution in [0.4, 0.5) is 0 Å². The molecule has 1 aromatic carbocycles. The van der Waals surface area contributed by atoms with Gasteiger partial charge in [-0.05, 0) is 43.1 Å². The van der Waals surface area contributed by atoms with E-state index in [1.165, 1.54) is 29.5 Å². The van der Waals surface area contributed by atoms with Crippen LogP contribution in [0.5, 0.6) is 0 Å². The molecule has 0 spiro atoms. The predicted molar refractivity (Wildman–Crippen MR) is 80.7 cm³/mol. The van der Waals surface area contributed by atoms with Crippen molar-refractivity contribution in [3.63, 3.8) is 0 Å². The van der Waals surface area contributed by atoms with Crippen LogP contribution >= 0.6 is 15.9 Å². The molecule has 0 radical (unpaired) electrons. The van der Waals surface area contributed by atoms with E-state index in [-0.39, 0.29) is 0 Å². The summed E-state index contributed by atoms with van der Waals surface area (Å²) in [6.07, 6.45) is 1.27. The van der Waals surface area contributed by atoms with Gasteiger partial charge >= 0.3 is 0 Å². The van der Waals surface area contributed by atoms with E-state index in [0.717, 1.165) is 19.0 Å². The topological polar surface area (TPSA) is 15.3 Å². The van der Waals surface area contributed by atoms with Crippen LogP contribution in [0.25, 0.3) is 0 Å². The SMILES string of the molecule is CCNC1CCN(Cc2cccc(Br)c2)CC1C. The zero-order valence-corrected chi connectivity index (χ0v) is 12.9. The van der Waals surface area contributed by atoms with Crippen molar-refractivity contribution in [2.24, 2.45) is 5.92 Å². The Labute approximate surface area is 119 Å². The second-order valence-electron chi connectivity index (χ2n) is 5.30. The van der Waals surface area contributed by atoms with Gasteiger partial charge in [0, 0.05) is 23.6 Å². The normalized spacial score (nSPS) is 25.3. The van der Waals surface area contributed by atoms with Crippen molar-refractivity contribution in [3.8, 4) is 0 Å². The van der Waals surface area contributed by atoms with Gasteiger partial charge in [-0.2, -0.15) is 0 Å². The summed E-state index contributed by atoms with van der Waals surface area (Å²) in [5.74, 6) is 0.742. The fourth-order valence-electron chi connectivity index (χ4n) is 2.83. The van der Waals surface area contributed by atoms with Crippen LogP contribution in [0, 0.1) is 5.92 Å². The van der Waals surface area contributed by atoms with Gasteiger partial charge in [0.2, 0.25) is 0 Å². The van der Waals surface area contributed by atoms with Gasteiger partial charge in [-0.25, -0.2) is 0 Å². The van der Waals surface area contributed by atoms with Crippen molar-refractivity contribution in [3.05, 3.63) is 34.3 Å². The Morgan fingerprint density at radius 2 is 2.28 bits per heavy atom. The third-order valence-electron chi connectivity index (χ3n) is 3.75. The zero-order chi connectivity index (χ0) is 13.0. The molecule has 1 aliphatic rings. The first-order chi connectivity index (χ1) is 8.69. The molecule has 2 nitrogen and oxygen atoms in total. The molecule has 1 fully saturated rings. The van der Waals surface area contributed by atoms with Crippen LogP contribution in [0.1, 0.15) is 25.8 Å². The first-order valence-electron chi connectivity index (χ1n) is 6.89. The maximum absolute atomic E-state index is 3.59. The van der Waals surface area contributed by atoms with Gasteiger partial charge < -0.3 is 5.32 Å². The molecule has 18 heavy (non-hydrogen) atoms. The lowest BCUT2D eigenvalue weighted by molar-refractivity contribution is 0.142. The molecule has 0 aliphatic carbocycles. The van der Waals surface area contributed by atoms with Gasteiger partial charge in [0.1, 0.15) is 0 Å². The Balaban J connectivity index is 1.89. The van der Waals surface area contributed by atoms with Crippen molar-refractivity contribution in [2.45, 2.75) is 32.9 Å². The fraction of sp³-hybridized carbons (Fsp3) is 0.600. The lowest BCUT2D eigenvalue weighted by Gasteiger charge is -2.37. The third-order valence-corrected chi connectivity index (χ3v) is 4.24. The number of nitrogens with zero attached hydrogens (tertiary/aromatic N) is 1. The number of likely N-dealkylation sites (tertiary alicyclic amines) is 1. The number of hydrogen-bond donors (Lipinski definition) is 1. The summed E-state index contributed by atoms with van der Waals surface area (Å²) in [5, 5.41) is 3.59. The van der Waals surface area contributed by atoms with E-state index >= 15 is 0 Å². The van der Waals surface area contributed by atoms with Crippen LogP contribution in [0.15, 0.2) is 28.7 Å². The molecule has 3 heteroatoms. The zero-order valence-electron chi connectivity index (χ0n) is 11.3. The first-order valence-corrected chi connectivity index (χ1v) is 7.68. The molecule has 1 N–H and O–H groups in total. The van der Waals surface area contributed by atoms with Gasteiger partial charge in [0.25, 0.3) is 0 Å². The van der Waals surface area contributed by atoms with Gasteiger partial charge in [-0.3, -0.25) is 4.90 Å². The summed E-state index contributed by atoms with van der Waals surface area (Å²) in [7, 11) is 0. The quantitative estimate of drug-likeness (QED) is 0.918. The summed E-state index contributed by atoms with van der Waals surface area (Å²) in [4.78, 5) is 2.57. The van der Waals surface area contributed by atoms with E-state index < -0.39 is 0 Å². The molecule has 1 aliphatic heterocycles. The summed E-state index contributed by atoms with van der Waals surface area (Å²) >= 11 is 3.54. The molecule has 0 saturated carbocycles. The molecule has 1 heterocycles. The highest BCUT2D eigenvalue weighted by atomic mass is 79.9. The minimum Gasteiger partial charge on any atom is -0.314 e. The lowest BCUT2D eigenvalue weighted by atomic mass is 9.93. The molecule has 0 aromatic heterocycles. The van der Waals surface area contributed by atoms with E-state index in [4.69, 9.17) is 0 Å². The molecule has 100 valence electrons. The molecule has 2 rings (SSSR count). The predicted octanol–water partition coefficient (Wildman–Crippen LogP) is 3.27. The Morgan fingerprint density at radius 3 is 2.94 bits per heavy atom. The monoisotopic (exact) mass is 310 g/mol. The van der Waals surface area contributed by atoms with E-state index in [0.29, 0.717) is 6.04 Å². The van der Waals surface area contributed by atoms with Gasteiger partial charge in [-0.1, -0.05) is 41.9 Å². The lowest BCUT2D eigenvalue weighted by Crippen LogP contribution is -2.47.